The second-order valence-corrected chi connectivity index (χ2v) is 6.85. The third kappa shape index (κ3) is 5.27. The molecule has 1 fully saturated rings. The fourth-order valence-electron chi connectivity index (χ4n) is 3.23. The molecule has 29 heavy (non-hydrogen) atoms. The fraction of sp³-hybridized carbons (Fsp3) is 0.391. The van der Waals surface area contributed by atoms with Crippen LogP contribution in [0.4, 0.5) is 5.69 Å². The second-order valence-electron chi connectivity index (χ2n) is 6.85. The first-order valence-electron chi connectivity index (χ1n) is 9.95. The second kappa shape index (κ2) is 9.94. The van der Waals surface area contributed by atoms with E-state index in [1.165, 1.54) is 0 Å². The molecule has 0 aliphatic carbocycles. The monoisotopic (exact) mass is 394 g/mol. The zero-order chi connectivity index (χ0) is 20.6. The highest BCUT2D eigenvalue weighted by atomic mass is 16.5. The molecule has 1 heterocycles. The van der Waals surface area contributed by atoms with Crippen molar-refractivity contribution in [3.8, 4) is 11.8 Å². The number of anilines is 1. The van der Waals surface area contributed by atoms with Gasteiger partial charge >= 0.3 is 5.97 Å². The van der Waals surface area contributed by atoms with Gasteiger partial charge in [-0.3, -0.25) is 0 Å². The average Bonchev–Trinajstić information content (AvgIpc) is 3.26. The molecule has 152 valence electrons. The number of hydrogen-bond acceptors (Lipinski definition) is 6. The molecule has 1 N–H and O–H groups in total. The smallest absolute Gasteiger partial charge is 0.333 e. The minimum atomic E-state index is -0.730. The van der Waals surface area contributed by atoms with Crippen molar-refractivity contribution in [1.82, 2.24) is 0 Å². The Kier molecular flexibility index (Phi) is 7.09. The fourth-order valence-corrected chi connectivity index (χ4v) is 3.23. The molecule has 0 radical (unpaired) electrons. The maximum atomic E-state index is 12.8. The summed E-state index contributed by atoms with van der Waals surface area (Å²) in [4.78, 5) is 12.8. The largest absolute Gasteiger partial charge is 0.488 e. The summed E-state index contributed by atoms with van der Waals surface area (Å²) >= 11 is 0. The van der Waals surface area contributed by atoms with Crippen LogP contribution in [0.25, 0.3) is 0 Å². The van der Waals surface area contributed by atoms with E-state index < -0.39 is 6.04 Å². The number of hydrogen-bond donors (Lipinski definition) is 1. The van der Waals surface area contributed by atoms with Crippen LogP contribution in [-0.4, -0.2) is 31.9 Å². The molecule has 2 atom stereocenters. The number of aryl methyl sites for hydroxylation is 1. The van der Waals surface area contributed by atoms with Crippen molar-refractivity contribution in [3.05, 3.63) is 59.2 Å². The third-order valence-electron chi connectivity index (χ3n) is 4.82. The van der Waals surface area contributed by atoms with E-state index in [9.17, 15) is 4.79 Å². The predicted molar refractivity (Wildman–Crippen MR) is 110 cm³/mol. The van der Waals surface area contributed by atoms with E-state index in [2.05, 4.69) is 18.3 Å². The van der Waals surface area contributed by atoms with Crippen molar-refractivity contribution in [1.29, 1.82) is 5.26 Å². The Hall–Kier alpha value is -3.04. The lowest BCUT2D eigenvalue weighted by molar-refractivity contribution is -0.144. The Bertz CT molecular complexity index is 867. The molecule has 0 saturated carbocycles. The van der Waals surface area contributed by atoms with Crippen molar-refractivity contribution >= 4 is 11.7 Å². The summed E-state index contributed by atoms with van der Waals surface area (Å²) in [6.07, 6.45) is 1.63. The molecular weight excluding hydrogens is 368 g/mol. The van der Waals surface area contributed by atoms with E-state index in [-0.39, 0.29) is 18.7 Å². The summed E-state index contributed by atoms with van der Waals surface area (Å²) in [5.41, 5.74) is 3.12. The van der Waals surface area contributed by atoms with Crippen LogP contribution in [0.1, 0.15) is 43.0 Å². The standard InChI is InChI=1S/C23H26N2O4/c1-3-16-7-10-21(29-19-11-12-27-15-19)20(13-16)22(23(26)28-4-2)25-18-8-5-17(14-24)6-9-18/h5-10,13,19,22,25H,3-4,11-12,15H2,1-2H3/t19-,22+/m1/s1. The first kappa shape index (κ1) is 20.7. The highest BCUT2D eigenvalue weighted by Gasteiger charge is 2.28. The molecule has 0 unspecified atom stereocenters. The lowest BCUT2D eigenvalue weighted by Gasteiger charge is -2.23. The van der Waals surface area contributed by atoms with Crippen LogP contribution in [0, 0.1) is 11.3 Å². The number of carbonyl (C=O) groups excluding carboxylic acids is 1. The molecule has 1 aliphatic heterocycles. The zero-order valence-corrected chi connectivity index (χ0v) is 16.8. The van der Waals surface area contributed by atoms with Crippen LogP contribution in [0.15, 0.2) is 42.5 Å². The summed E-state index contributed by atoms with van der Waals surface area (Å²) in [7, 11) is 0. The molecule has 0 spiro atoms. The van der Waals surface area contributed by atoms with Crippen LogP contribution in [0.3, 0.4) is 0 Å². The summed E-state index contributed by atoms with van der Waals surface area (Å²) < 4.78 is 16.9. The number of ether oxygens (including phenoxy) is 3. The number of nitriles is 1. The highest BCUT2D eigenvalue weighted by molar-refractivity contribution is 5.82. The molecule has 2 aromatic rings. The van der Waals surface area contributed by atoms with E-state index in [0.29, 0.717) is 24.5 Å². The highest BCUT2D eigenvalue weighted by Crippen LogP contribution is 2.32. The number of nitrogens with one attached hydrogen (secondary N) is 1. The molecule has 1 saturated heterocycles. The van der Waals surface area contributed by atoms with Crippen LogP contribution in [-0.2, 0) is 20.7 Å². The van der Waals surface area contributed by atoms with Gasteiger partial charge in [-0.05, 0) is 55.3 Å². The number of esters is 1. The third-order valence-corrected chi connectivity index (χ3v) is 4.82. The van der Waals surface area contributed by atoms with Gasteiger partial charge in [0.15, 0.2) is 6.04 Å². The first-order chi connectivity index (χ1) is 14.1. The number of rotatable bonds is 8. The van der Waals surface area contributed by atoms with Crippen molar-refractivity contribution in [2.75, 3.05) is 25.1 Å². The van der Waals surface area contributed by atoms with Gasteiger partial charge in [0.05, 0.1) is 31.5 Å². The van der Waals surface area contributed by atoms with Gasteiger partial charge in [-0.15, -0.1) is 0 Å². The first-order valence-corrected chi connectivity index (χ1v) is 9.95. The Morgan fingerprint density at radius 3 is 2.69 bits per heavy atom. The summed E-state index contributed by atoms with van der Waals surface area (Å²) in [6.45, 7) is 5.36. The van der Waals surface area contributed by atoms with Crippen LogP contribution >= 0.6 is 0 Å². The van der Waals surface area contributed by atoms with Gasteiger partial charge in [0.1, 0.15) is 11.9 Å². The van der Waals surface area contributed by atoms with E-state index in [1.54, 1.807) is 31.2 Å². The normalized spacial score (nSPS) is 16.7. The van der Waals surface area contributed by atoms with Gasteiger partial charge in [-0.1, -0.05) is 13.0 Å². The van der Waals surface area contributed by atoms with E-state index in [4.69, 9.17) is 19.5 Å². The summed E-state index contributed by atoms with van der Waals surface area (Å²) in [5, 5.41) is 12.3. The Balaban J connectivity index is 1.95. The molecule has 0 aromatic heterocycles. The van der Waals surface area contributed by atoms with Crippen LogP contribution in [0.5, 0.6) is 5.75 Å². The van der Waals surface area contributed by atoms with Crippen molar-refractivity contribution in [2.24, 2.45) is 0 Å². The quantitative estimate of drug-likeness (QED) is 0.682. The molecule has 2 aromatic carbocycles. The van der Waals surface area contributed by atoms with E-state index in [1.807, 2.05) is 18.2 Å². The number of nitrogens with zero attached hydrogens (tertiary/aromatic N) is 1. The Labute approximate surface area is 171 Å². The van der Waals surface area contributed by atoms with E-state index in [0.717, 1.165) is 29.7 Å². The molecule has 3 rings (SSSR count). The van der Waals surface area contributed by atoms with E-state index >= 15 is 0 Å². The number of benzene rings is 2. The molecule has 6 nitrogen and oxygen atoms in total. The SMILES string of the molecule is CCOC(=O)[C@@H](Nc1ccc(C#N)cc1)c1cc(CC)ccc1O[C@@H]1CCOC1. The minimum absolute atomic E-state index is 0.0287. The zero-order valence-electron chi connectivity index (χ0n) is 16.8. The maximum absolute atomic E-state index is 12.8. The Morgan fingerprint density at radius 2 is 2.07 bits per heavy atom. The van der Waals surface area contributed by atoms with Gasteiger partial charge in [0.2, 0.25) is 0 Å². The van der Waals surface area contributed by atoms with Crippen molar-refractivity contribution in [3.63, 3.8) is 0 Å². The average molecular weight is 394 g/mol. The van der Waals surface area contributed by atoms with Gasteiger partial charge in [0.25, 0.3) is 0 Å². The predicted octanol–water partition coefficient (Wildman–Crippen LogP) is 4.00. The number of carbonyl (C=O) groups is 1. The molecular formula is C23H26N2O4. The van der Waals surface area contributed by atoms with Gasteiger partial charge in [0, 0.05) is 17.7 Å². The summed E-state index contributed by atoms with van der Waals surface area (Å²) in [5.74, 6) is 0.273. The topological polar surface area (TPSA) is 80.6 Å². The molecule has 1 aliphatic rings. The molecule has 6 heteroatoms. The lowest BCUT2D eigenvalue weighted by atomic mass is 10.0. The lowest BCUT2D eigenvalue weighted by Crippen LogP contribution is -2.25. The Morgan fingerprint density at radius 1 is 1.28 bits per heavy atom. The summed E-state index contributed by atoms with van der Waals surface area (Å²) in [6, 6.07) is 14.3. The van der Waals surface area contributed by atoms with Gasteiger partial charge in [-0.25, -0.2) is 4.79 Å². The maximum Gasteiger partial charge on any atom is 0.333 e. The van der Waals surface area contributed by atoms with Crippen molar-refractivity contribution < 1.29 is 19.0 Å². The van der Waals surface area contributed by atoms with Gasteiger partial charge < -0.3 is 19.5 Å². The molecule has 0 bridgehead atoms. The van der Waals surface area contributed by atoms with Gasteiger partial charge in [-0.2, -0.15) is 5.26 Å². The van der Waals surface area contributed by atoms with Crippen LogP contribution < -0.4 is 10.1 Å². The van der Waals surface area contributed by atoms with Crippen LogP contribution in [0.2, 0.25) is 0 Å². The molecule has 0 amide bonds. The minimum Gasteiger partial charge on any atom is -0.488 e. The van der Waals surface area contributed by atoms with Crippen molar-refractivity contribution in [2.45, 2.75) is 38.8 Å².